The number of fused-ring (bicyclic) bond motifs is 8. The molecule has 1 aliphatic heterocycles. The second kappa shape index (κ2) is 11.5. The summed E-state index contributed by atoms with van der Waals surface area (Å²) in [6, 6.07) is 70.7. The fourth-order valence-corrected chi connectivity index (χ4v) is 7.85. The Balaban J connectivity index is 1.34. The molecule has 0 unspecified atom stereocenters. The zero-order valence-corrected chi connectivity index (χ0v) is 27.4. The summed E-state index contributed by atoms with van der Waals surface area (Å²) in [7, 11) is 0. The molecule has 2 heteroatoms. The lowest BCUT2D eigenvalue weighted by molar-refractivity contribution is 1.18. The number of anilines is 3. The van der Waals surface area contributed by atoms with Gasteiger partial charge in [0.25, 0.3) is 0 Å². The van der Waals surface area contributed by atoms with Crippen LogP contribution in [0.25, 0.3) is 72.0 Å². The van der Waals surface area contributed by atoms with Crippen molar-refractivity contribution in [2.45, 2.75) is 0 Å². The van der Waals surface area contributed by atoms with Gasteiger partial charge in [-0.3, -0.25) is 0 Å². The Kier molecular flexibility index (Phi) is 6.53. The maximum Gasteiger partial charge on any atom is 0.0562 e. The van der Waals surface area contributed by atoms with Crippen LogP contribution in [0.1, 0.15) is 0 Å². The second-order valence-corrected chi connectivity index (χ2v) is 13.0. The molecule has 50 heavy (non-hydrogen) atoms. The molecule has 9 aromatic rings. The van der Waals surface area contributed by atoms with Crippen LogP contribution in [-0.2, 0) is 0 Å². The average molecular weight is 637 g/mol. The largest absolute Gasteiger partial charge is 0.309 e. The van der Waals surface area contributed by atoms with E-state index in [4.69, 9.17) is 0 Å². The summed E-state index contributed by atoms with van der Waals surface area (Å²) in [6.45, 7) is 0. The lowest BCUT2D eigenvalue weighted by Crippen LogP contribution is -2.11. The van der Waals surface area contributed by atoms with E-state index in [0.29, 0.717) is 0 Å². The van der Waals surface area contributed by atoms with Gasteiger partial charge in [0.2, 0.25) is 0 Å². The Morgan fingerprint density at radius 3 is 1.50 bits per heavy atom. The molecule has 8 aromatic carbocycles. The zero-order chi connectivity index (χ0) is 33.0. The molecule has 0 spiro atoms. The van der Waals surface area contributed by atoms with Crippen molar-refractivity contribution in [2.24, 2.45) is 0 Å². The molecular formula is C48H32N2. The van der Waals surface area contributed by atoms with Crippen molar-refractivity contribution in [3.8, 4) is 50.2 Å². The molecule has 1 aliphatic rings. The lowest BCUT2D eigenvalue weighted by atomic mass is 9.94. The molecule has 1 aromatic heterocycles. The molecule has 0 bridgehead atoms. The first kappa shape index (κ1) is 28.4. The van der Waals surface area contributed by atoms with Gasteiger partial charge in [0.1, 0.15) is 0 Å². The molecule has 0 saturated heterocycles. The summed E-state index contributed by atoms with van der Waals surface area (Å²) in [5.41, 5.74) is 16.6. The van der Waals surface area contributed by atoms with Crippen LogP contribution in [0.2, 0.25) is 0 Å². The molecule has 234 valence electrons. The number of benzene rings is 8. The van der Waals surface area contributed by atoms with Gasteiger partial charge >= 0.3 is 0 Å². The van der Waals surface area contributed by atoms with E-state index in [9.17, 15) is 0 Å². The van der Waals surface area contributed by atoms with Gasteiger partial charge < -0.3 is 9.47 Å². The minimum atomic E-state index is 1.12. The Morgan fingerprint density at radius 1 is 0.280 bits per heavy atom. The second-order valence-electron chi connectivity index (χ2n) is 13.0. The summed E-state index contributed by atoms with van der Waals surface area (Å²) in [4.78, 5) is 2.50. The quantitative estimate of drug-likeness (QED) is 0.187. The predicted molar refractivity (Wildman–Crippen MR) is 211 cm³/mol. The first-order chi connectivity index (χ1) is 24.8. The van der Waals surface area contributed by atoms with Crippen LogP contribution in [0.15, 0.2) is 194 Å². The number of rotatable bonds is 4. The van der Waals surface area contributed by atoms with Crippen LogP contribution in [0, 0.1) is 0 Å². The standard InChI is InChI=1S/C48H32N2/c1-4-16-33(17-5-1)35-28-36(34-18-6-2-7-19-34)30-38(29-35)50-45-26-14-12-24-41(45)39-22-10-11-23-40(39)43-31-44-42-25-13-15-27-46(42)49(48(44)32-47(43)50)37-20-8-3-9-21-37/h1-32H. The topological polar surface area (TPSA) is 8.17 Å². The molecule has 0 radical (unpaired) electrons. The molecule has 0 aliphatic carbocycles. The van der Waals surface area contributed by atoms with Crippen LogP contribution in [-0.4, -0.2) is 4.57 Å². The van der Waals surface area contributed by atoms with Crippen molar-refractivity contribution in [3.63, 3.8) is 0 Å². The Labute approximate surface area is 291 Å². The van der Waals surface area contributed by atoms with Crippen LogP contribution in [0.3, 0.4) is 0 Å². The van der Waals surface area contributed by atoms with Crippen molar-refractivity contribution >= 4 is 38.9 Å². The van der Waals surface area contributed by atoms with Crippen molar-refractivity contribution in [1.29, 1.82) is 0 Å². The van der Waals surface area contributed by atoms with Crippen molar-refractivity contribution in [1.82, 2.24) is 4.57 Å². The van der Waals surface area contributed by atoms with Crippen molar-refractivity contribution < 1.29 is 0 Å². The summed E-state index contributed by atoms with van der Waals surface area (Å²) < 4.78 is 2.42. The smallest absolute Gasteiger partial charge is 0.0562 e. The fraction of sp³-hybridized carbons (Fsp3) is 0. The molecule has 10 rings (SSSR count). The van der Waals surface area contributed by atoms with Crippen LogP contribution in [0.5, 0.6) is 0 Å². The number of aromatic nitrogens is 1. The molecule has 0 amide bonds. The molecule has 0 atom stereocenters. The highest BCUT2D eigenvalue weighted by Gasteiger charge is 2.28. The third-order valence-corrected chi connectivity index (χ3v) is 10.1. The van der Waals surface area contributed by atoms with Crippen molar-refractivity contribution in [3.05, 3.63) is 194 Å². The van der Waals surface area contributed by atoms with Gasteiger partial charge in [0.15, 0.2) is 0 Å². The molecule has 2 heterocycles. The van der Waals surface area contributed by atoms with Gasteiger partial charge in [0, 0.05) is 33.3 Å². The van der Waals surface area contributed by atoms with E-state index < -0.39 is 0 Å². The summed E-state index contributed by atoms with van der Waals surface area (Å²) in [5, 5.41) is 2.49. The first-order valence-corrected chi connectivity index (χ1v) is 17.2. The molecule has 2 nitrogen and oxygen atoms in total. The van der Waals surface area contributed by atoms with Crippen molar-refractivity contribution in [2.75, 3.05) is 4.90 Å². The molecule has 0 N–H and O–H groups in total. The van der Waals surface area contributed by atoms with Gasteiger partial charge in [-0.15, -0.1) is 0 Å². The maximum absolute atomic E-state index is 2.50. The number of hydrogen-bond donors (Lipinski definition) is 0. The van der Waals surface area contributed by atoms with Gasteiger partial charge in [-0.25, -0.2) is 0 Å². The minimum Gasteiger partial charge on any atom is -0.309 e. The highest BCUT2D eigenvalue weighted by molar-refractivity contribution is 6.15. The molecular weight excluding hydrogens is 605 g/mol. The minimum absolute atomic E-state index is 1.12. The lowest BCUT2D eigenvalue weighted by Gasteiger charge is -2.29. The van der Waals surface area contributed by atoms with Gasteiger partial charge in [0.05, 0.1) is 22.4 Å². The normalized spacial score (nSPS) is 12.0. The summed E-state index contributed by atoms with van der Waals surface area (Å²) in [6.07, 6.45) is 0. The highest BCUT2D eigenvalue weighted by Crippen LogP contribution is 2.53. The Morgan fingerprint density at radius 2 is 0.820 bits per heavy atom. The van der Waals surface area contributed by atoms with E-state index in [1.54, 1.807) is 0 Å². The molecule has 0 saturated carbocycles. The third kappa shape index (κ3) is 4.50. The van der Waals surface area contributed by atoms with Gasteiger partial charge in [-0.05, 0) is 88.0 Å². The van der Waals surface area contributed by atoms with Gasteiger partial charge in [-0.1, -0.05) is 140 Å². The van der Waals surface area contributed by atoms with E-state index >= 15 is 0 Å². The van der Waals surface area contributed by atoms with E-state index in [0.717, 1.165) is 22.7 Å². The van der Waals surface area contributed by atoms with E-state index in [1.807, 2.05) is 0 Å². The van der Waals surface area contributed by atoms with Crippen LogP contribution >= 0.6 is 0 Å². The Bertz CT molecular complexity index is 2630. The van der Waals surface area contributed by atoms with Crippen LogP contribution < -0.4 is 4.90 Å². The first-order valence-electron chi connectivity index (χ1n) is 17.2. The summed E-state index contributed by atoms with van der Waals surface area (Å²) in [5.74, 6) is 0. The van der Waals surface area contributed by atoms with E-state index in [-0.39, 0.29) is 0 Å². The SMILES string of the molecule is c1ccc(-c2cc(-c3ccccc3)cc(N3c4ccccc4-c4ccccc4-c4cc5c6ccccc6n(-c6ccccc6)c5cc43)c2)cc1. The fourth-order valence-electron chi connectivity index (χ4n) is 7.85. The predicted octanol–water partition coefficient (Wildman–Crippen LogP) is 13.2. The maximum atomic E-state index is 2.50. The third-order valence-electron chi connectivity index (χ3n) is 10.1. The Hall–Kier alpha value is -6.64. The van der Waals surface area contributed by atoms with Crippen LogP contribution in [0.4, 0.5) is 17.1 Å². The summed E-state index contributed by atoms with van der Waals surface area (Å²) >= 11 is 0. The zero-order valence-electron chi connectivity index (χ0n) is 27.4. The van der Waals surface area contributed by atoms with Gasteiger partial charge in [-0.2, -0.15) is 0 Å². The average Bonchev–Trinajstić information content (AvgIpc) is 3.46. The number of nitrogens with zero attached hydrogens (tertiary/aromatic N) is 2. The molecule has 0 fully saturated rings. The van der Waals surface area contributed by atoms with E-state index in [2.05, 4.69) is 204 Å². The monoisotopic (exact) mass is 636 g/mol. The van der Waals surface area contributed by atoms with E-state index in [1.165, 1.54) is 66.3 Å². The number of hydrogen-bond acceptors (Lipinski definition) is 1. The highest BCUT2D eigenvalue weighted by atomic mass is 15.2. The number of para-hydroxylation sites is 3.